The molecule has 1 aliphatic heterocycles. The van der Waals surface area contributed by atoms with Crippen molar-refractivity contribution < 1.29 is 0 Å². The lowest BCUT2D eigenvalue weighted by molar-refractivity contribution is 0.584. The zero-order valence-electron chi connectivity index (χ0n) is 10.1. The molecular formula is C13H16N4O. The second kappa shape index (κ2) is 4.70. The van der Waals surface area contributed by atoms with E-state index in [1.54, 1.807) is 6.07 Å². The second-order valence-corrected chi connectivity index (χ2v) is 4.46. The molecule has 5 nitrogen and oxygen atoms in total. The zero-order chi connectivity index (χ0) is 12.4. The Morgan fingerprint density at radius 3 is 2.67 bits per heavy atom. The summed E-state index contributed by atoms with van der Waals surface area (Å²) in [5, 5.41) is 3.30. The lowest BCUT2D eigenvalue weighted by Gasteiger charge is -2.29. The predicted molar refractivity (Wildman–Crippen MR) is 71.9 cm³/mol. The van der Waals surface area contributed by atoms with Crippen molar-refractivity contribution >= 4 is 5.82 Å². The number of rotatable bonds is 2. The van der Waals surface area contributed by atoms with Crippen molar-refractivity contribution in [2.75, 3.05) is 31.1 Å². The van der Waals surface area contributed by atoms with Crippen molar-refractivity contribution in [1.29, 1.82) is 0 Å². The Morgan fingerprint density at radius 1 is 1.11 bits per heavy atom. The third-order valence-electron chi connectivity index (χ3n) is 3.22. The number of pyridine rings is 1. The first kappa shape index (κ1) is 11.1. The largest absolute Gasteiger partial charge is 0.367 e. The molecule has 1 fully saturated rings. The molecule has 1 saturated heterocycles. The number of piperazine rings is 1. The van der Waals surface area contributed by atoms with E-state index in [9.17, 15) is 4.79 Å². The van der Waals surface area contributed by atoms with E-state index >= 15 is 0 Å². The molecule has 1 aliphatic rings. The van der Waals surface area contributed by atoms with Crippen LogP contribution in [0.1, 0.15) is 0 Å². The summed E-state index contributed by atoms with van der Waals surface area (Å²) in [6.45, 7) is 3.76. The quantitative estimate of drug-likeness (QED) is 0.731. The molecule has 2 aromatic heterocycles. The molecule has 0 aliphatic carbocycles. The molecule has 94 valence electrons. The molecule has 0 spiro atoms. The van der Waals surface area contributed by atoms with Gasteiger partial charge in [-0.2, -0.15) is 0 Å². The van der Waals surface area contributed by atoms with Gasteiger partial charge in [-0.3, -0.25) is 4.79 Å². The highest BCUT2D eigenvalue weighted by Crippen LogP contribution is 2.21. The molecule has 0 saturated carbocycles. The number of aromatic amines is 2. The fraction of sp³-hybridized carbons (Fsp3) is 0.308. The minimum Gasteiger partial charge on any atom is -0.367 e. The van der Waals surface area contributed by atoms with Gasteiger partial charge < -0.3 is 20.2 Å². The first-order chi connectivity index (χ1) is 8.83. The highest BCUT2D eigenvalue weighted by molar-refractivity contribution is 5.65. The fourth-order valence-electron chi connectivity index (χ4n) is 2.27. The van der Waals surface area contributed by atoms with Crippen LogP contribution in [0.4, 0.5) is 5.82 Å². The van der Waals surface area contributed by atoms with Crippen LogP contribution in [0.2, 0.25) is 0 Å². The summed E-state index contributed by atoms with van der Waals surface area (Å²) in [5.41, 5.74) is 1.94. The lowest BCUT2D eigenvalue weighted by Crippen LogP contribution is -2.44. The highest BCUT2D eigenvalue weighted by atomic mass is 16.1. The normalized spacial score (nSPS) is 15.9. The molecule has 0 unspecified atom stereocenters. The molecule has 0 atom stereocenters. The number of hydrogen-bond acceptors (Lipinski definition) is 3. The molecule has 2 aromatic rings. The van der Waals surface area contributed by atoms with Crippen molar-refractivity contribution in [2.45, 2.75) is 0 Å². The number of nitrogens with one attached hydrogen (secondary N) is 3. The van der Waals surface area contributed by atoms with Gasteiger partial charge in [0, 0.05) is 44.6 Å². The van der Waals surface area contributed by atoms with Crippen LogP contribution >= 0.6 is 0 Å². The van der Waals surface area contributed by atoms with Crippen LogP contribution < -0.4 is 15.8 Å². The highest BCUT2D eigenvalue weighted by Gasteiger charge is 2.12. The number of nitrogens with zero attached hydrogens (tertiary/aromatic N) is 1. The van der Waals surface area contributed by atoms with Crippen LogP contribution in [0, 0.1) is 0 Å². The smallest absolute Gasteiger partial charge is 0.250 e. The van der Waals surface area contributed by atoms with E-state index in [-0.39, 0.29) is 5.56 Å². The first-order valence-electron chi connectivity index (χ1n) is 6.16. The third kappa shape index (κ3) is 2.17. The molecule has 3 heterocycles. The van der Waals surface area contributed by atoms with Gasteiger partial charge in [0.2, 0.25) is 5.56 Å². The third-order valence-corrected chi connectivity index (χ3v) is 3.22. The zero-order valence-corrected chi connectivity index (χ0v) is 10.1. The molecule has 5 heteroatoms. The van der Waals surface area contributed by atoms with Gasteiger partial charge in [0.1, 0.15) is 5.82 Å². The number of aromatic nitrogens is 2. The van der Waals surface area contributed by atoms with Crippen molar-refractivity contribution in [3.05, 3.63) is 40.9 Å². The SMILES string of the molecule is O=c1cc(-c2cc[nH]c2)cc(N2CCNCC2)[nH]1. The second-order valence-electron chi connectivity index (χ2n) is 4.46. The van der Waals surface area contributed by atoms with Crippen LogP contribution in [-0.2, 0) is 0 Å². The monoisotopic (exact) mass is 244 g/mol. The van der Waals surface area contributed by atoms with E-state index in [0.717, 1.165) is 43.1 Å². The standard InChI is InChI=1S/C13H16N4O/c18-13-8-11(10-1-2-15-9-10)7-12(16-13)17-5-3-14-4-6-17/h1-2,7-9,14-15H,3-6H2,(H,16,18). The molecule has 3 rings (SSSR count). The summed E-state index contributed by atoms with van der Waals surface area (Å²) in [6, 6.07) is 5.64. The minimum atomic E-state index is -0.0535. The van der Waals surface area contributed by atoms with Crippen molar-refractivity contribution in [2.24, 2.45) is 0 Å². The average Bonchev–Trinajstić information content (AvgIpc) is 2.93. The molecular weight excluding hydrogens is 228 g/mol. The van der Waals surface area contributed by atoms with Crippen LogP contribution in [0.5, 0.6) is 0 Å². The van der Waals surface area contributed by atoms with Crippen molar-refractivity contribution in [1.82, 2.24) is 15.3 Å². The summed E-state index contributed by atoms with van der Waals surface area (Å²) in [5.74, 6) is 0.903. The van der Waals surface area contributed by atoms with Gasteiger partial charge >= 0.3 is 0 Å². The van der Waals surface area contributed by atoms with Gasteiger partial charge in [-0.15, -0.1) is 0 Å². The predicted octanol–water partition coefficient (Wildman–Crippen LogP) is 0.780. The van der Waals surface area contributed by atoms with Gasteiger partial charge in [0.05, 0.1) is 0 Å². The summed E-state index contributed by atoms with van der Waals surface area (Å²) < 4.78 is 0. The molecule has 18 heavy (non-hydrogen) atoms. The Hall–Kier alpha value is -2.01. The summed E-state index contributed by atoms with van der Waals surface area (Å²) >= 11 is 0. The Balaban J connectivity index is 1.98. The summed E-state index contributed by atoms with van der Waals surface area (Å²) in [4.78, 5) is 19.9. The van der Waals surface area contributed by atoms with Gasteiger partial charge in [-0.25, -0.2) is 0 Å². The maximum absolute atomic E-state index is 11.7. The molecule has 0 aromatic carbocycles. The lowest BCUT2D eigenvalue weighted by atomic mass is 10.1. The van der Waals surface area contributed by atoms with Gasteiger partial charge in [0.25, 0.3) is 0 Å². The van der Waals surface area contributed by atoms with E-state index in [0.29, 0.717) is 0 Å². The Bertz CT molecular complexity index is 567. The van der Waals surface area contributed by atoms with E-state index in [1.807, 2.05) is 24.5 Å². The Labute approximate surface area is 105 Å². The molecule has 0 radical (unpaired) electrons. The fourth-order valence-corrected chi connectivity index (χ4v) is 2.27. The van der Waals surface area contributed by atoms with E-state index < -0.39 is 0 Å². The van der Waals surface area contributed by atoms with Gasteiger partial charge in [-0.1, -0.05) is 0 Å². The first-order valence-corrected chi connectivity index (χ1v) is 6.16. The van der Waals surface area contributed by atoms with Crippen LogP contribution in [0.3, 0.4) is 0 Å². The number of hydrogen-bond donors (Lipinski definition) is 3. The van der Waals surface area contributed by atoms with E-state index in [2.05, 4.69) is 20.2 Å². The summed E-state index contributed by atoms with van der Waals surface area (Å²) in [6.07, 6.45) is 3.76. The maximum atomic E-state index is 11.7. The minimum absolute atomic E-state index is 0.0535. The van der Waals surface area contributed by atoms with Gasteiger partial charge in [0.15, 0.2) is 0 Å². The van der Waals surface area contributed by atoms with E-state index in [4.69, 9.17) is 0 Å². The van der Waals surface area contributed by atoms with Crippen LogP contribution in [0.15, 0.2) is 35.4 Å². The molecule has 0 amide bonds. The molecule has 3 N–H and O–H groups in total. The topological polar surface area (TPSA) is 63.9 Å². The molecule has 0 bridgehead atoms. The summed E-state index contributed by atoms with van der Waals surface area (Å²) in [7, 11) is 0. The van der Waals surface area contributed by atoms with Gasteiger partial charge in [-0.05, 0) is 23.3 Å². The Kier molecular flexibility index (Phi) is 2.90. The average molecular weight is 244 g/mol. The maximum Gasteiger partial charge on any atom is 0.250 e. The van der Waals surface area contributed by atoms with Crippen molar-refractivity contribution in [3.63, 3.8) is 0 Å². The Morgan fingerprint density at radius 2 is 1.94 bits per heavy atom. The van der Waals surface area contributed by atoms with Crippen LogP contribution in [-0.4, -0.2) is 36.1 Å². The van der Waals surface area contributed by atoms with Crippen molar-refractivity contribution in [3.8, 4) is 11.1 Å². The van der Waals surface area contributed by atoms with E-state index in [1.165, 1.54) is 0 Å². The number of H-pyrrole nitrogens is 2. The van der Waals surface area contributed by atoms with Crippen LogP contribution in [0.25, 0.3) is 11.1 Å². The number of anilines is 1.